The van der Waals surface area contributed by atoms with Gasteiger partial charge in [-0.3, -0.25) is 9.78 Å². The molecule has 3 nitrogen and oxygen atoms in total. The highest BCUT2D eigenvalue weighted by atomic mass is 16.2. The lowest BCUT2D eigenvalue weighted by Crippen LogP contribution is -2.28. The Labute approximate surface area is 160 Å². The summed E-state index contributed by atoms with van der Waals surface area (Å²) in [5.74, 6) is 0.0691. The molecule has 1 aromatic heterocycles. The highest BCUT2D eigenvalue weighted by Gasteiger charge is 2.60. The normalized spacial score (nSPS) is 17.3. The van der Waals surface area contributed by atoms with Crippen LogP contribution in [-0.2, 0) is 16.8 Å². The van der Waals surface area contributed by atoms with Crippen molar-refractivity contribution in [2.45, 2.75) is 32.2 Å². The van der Waals surface area contributed by atoms with E-state index in [-0.39, 0.29) is 17.2 Å². The van der Waals surface area contributed by atoms with Gasteiger partial charge in [-0.2, -0.15) is 0 Å². The molecule has 0 unspecified atom stereocenters. The van der Waals surface area contributed by atoms with Crippen molar-refractivity contribution in [2.24, 2.45) is 5.92 Å². The Morgan fingerprint density at radius 1 is 1.04 bits per heavy atom. The summed E-state index contributed by atoms with van der Waals surface area (Å²) in [6.45, 7) is 4.72. The first-order chi connectivity index (χ1) is 13.1. The number of hydrogen-bond acceptors (Lipinski definition) is 2. The molecule has 0 spiro atoms. The van der Waals surface area contributed by atoms with E-state index in [1.54, 1.807) is 12.4 Å². The smallest absolute Gasteiger partial charge is 0.224 e. The largest absolute Gasteiger partial charge is 0.352 e. The Kier molecular flexibility index (Phi) is 4.53. The summed E-state index contributed by atoms with van der Waals surface area (Å²) in [4.78, 5) is 17.1. The number of aromatic nitrogens is 1. The molecule has 1 fully saturated rings. The van der Waals surface area contributed by atoms with Crippen LogP contribution in [0.1, 0.15) is 34.2 Å². The number of hydrogen-bond donors (Lipinski definition) is 1. The zero-order valence-electron chi connectivity index (χ0n) is 15.8. The molecular formula is C24H24N2O. The van der Waals surface area contributed by atoms with E-state index < -0.39 is 0 Å². The molecule has 1 saturated carbocycles. The van der Waals surface area contributed by atoms with Crippen LogP contribution in [0.4, 0.5) is 0 Å². The van der Waals surface area contributed by atoms with Gasteiger partial charge >= 0.3 is 0 Å². The summed E-state index contributed by atoms with van der Waals surface area (Å²) in [6, 6.07) is 21.0. The molecule has 0 saturated heterocycles. The monoisotopic (exact) mass is 356 g/mol. The van der Waals surface area contributed by atoms with E-state index in [0.717, 1.165) is 12.0 Å². The summed E-state index contributed by atoms with van der Waals surface area (Å²) in [5.41, 5.74) is 5.70. The van der Waals surface area contributed by atoms with Gasteiger partial charge in [-0.25, -0.2) is 0 Å². The minimum atomic E-state index is -0.225. The molecule has 0 aliphatic heterocycles. The molecule has 27 heavy (non-hydrogen) atoms. The van der Waals surface area contributed by atoms with Crippen LogP contribution in [0, 0.1) is 19.8 Å². The zero-order chi connectivity index (χ0) is 18.9. The minimum absolute atomic E-state index is 0.0437. The van der Waals surface area contributed by atoms with Crippen LogP contribution in [0.25, 0.3) is 0 Å². The number of aryl methyl sites for hydroxylation is 2. The van der Waals surface area contributed by atoms with E-state index >= 15 is 0 Å². The Bertz CT molecular complexity index is 919. The molecule has 1 aliphatic rings. The average molecular weight is 356 g/mol. The van der Waals surface area contributed by atoms with Gasteiger partial charge in [-0.1, -0.05) is 65.7 Å². The number of carbonyl (C=O) groups is 1. The van der Waals surface area contributed by atoms with Crippen LogP contribution in [0.5, 0.6) is 0 Å². The van der Waals surface area contributed by atoms with Gasteiger partial charge in [0.2, 0.25) is 5.91 Å². The number of nitrogens with zero attached hydrogens (tertiary/aromatic N) is 1. The van der Waals surface area contributed by atoms with Crippen molar-refractivity contribution in [3.8, 4) is 0 Å². The summed E-state index contributed by atoms with van der Waals surface area (Å²) >= 11 is 0. The maximum Gasteiger partial charge on any atom is 0.224 e. The number of rotatable bonds is 5. The number of pyridine rings is 1. The van der Waals surface area contributed by atoms with Crippen LogP contribution >= 0.6 is 0 Å². The molecule has 1 aliphatic carbocycles. The third kappa shape index (κ3) is 3.37. The van der Waals surface area contributed by atoms with Crippen molar-refractivity contribution < 1.29 is 4.79 Å². The Hall–Kier alpha value is -2.94. The molecule has 136 valence electrons. The lowest BCUT2D eigenvalue weighted by Gasteiger charge is -2.20. The first-order valence-electron chi connectivity index (χ1n) is 9.40. The molecule has 1 N–H and O–H groups in total. The predicted octanol–water partition coefficient (Wildman–Crippen LogP) is 4.32. The Morgan fingerprint density at radius 3 is 2.26 bits per heavy atom. The molecule has 0 radical (unpaired) electrons. The molecule has 1 atom stereocenters. The van der Waals surface area contributed by atoms with Crippen LogP contribution in [0.2, 0.25) is 0 Å². The summed E-state index contributed by atoms with van der Waals surface area (Å²) in [6.07, 6.45) is 4.38. The zero-order valence-corrected chi connectivity index (χ0v) is 15.8. The van der Waals surface area contributed by atoms with Gasteiger partial charge in [-0.05, 0) is 43.0 Å². The molecule has 3 aromatic rings. The highest BCUT2D eigenvalue weighted by Crippen LogP contribution is 2.59. The topological polar surface area (TPSA) is 42.0 Å². The summed E-state index contributed by atoms with van der Waals surface area (Å²) in [5, 5.41) is 3.11. The number of benzene rings is 2. The van der Waals surface area contributed by atoms with E-state index in [9.17, 15) is 4.79 Å². The molecule has 3 heteroatoms. The number of carbonyl (C=O) groups excluding carboxylic acids is 1. The molecule has 0 bridgehead atoms. The Balaban J connectivity index is 1.62. The van der Waals surface area contributed by atoms with Crippen molar-refractivity contribution in [1.29, 1.82) is 0 Å². The van der Waals surface area contributed by atoms with Gasteiger partial charge in [0.15, 0.2) is 0 Å². The van der Waals surface area contributed by atoms with Crippen LogP contribution in [-0.4, -0.2) is 10.9 Å². The minimum Gasteiger partial charge on any atom is -0.352 e. The third-order valence-corrected chi connectivity index (χ3v) is 5.53. The number of nitrogens with one attached hydrogen (secondary N) is 1. The highest BCUT2D eigenvalue weighted by molar-refractivity contribution is 5.86. The summed E-state index contributed by atoms with van der Waals surface area (Å²) < 4.78 is 0. The first kappa shape index (κ1) is 17.5. The van der Waals surface area contributed by atoms with Crippen molar-refractivity contribution in [3.05, 3.63) is 101 Å². The van der Waals surface area contributed by atoms with Gasteiger partial charge in [0.25, 0.3) is 0 Å². The number of amides is 1. The standard InChI is InChI=1S/C24H24N2O/c1-17-6-3-9-20(12-17)24(21-10-4-7-18(2)13-21)14-22(24)23(27)26-16-19-8-5-11-25-15-19/h3-13,15,22H,14,16H2,1-2H3,(H,26,27)/t22-/m0/s1. The van der Waals surface area contributed by atoms with Crippen molar-refractivity contribution in [1.82, 2.24) is 10.3 Å². The van der Waals surface area contributed by atoms with Gasteiger partial charge in [0.1, 0.15) is 0 Å². The lowest BCUT2D eigenvalue weighted by molar-refractivity contribution is -0.122. The van der Waals surface area contributed by atoms with E-state index in [4.69, 9.17) is 0 Å². The SMILES string of the molecule is Cc1cccc(C2(c3cccc(C)c3)C[C@H]2C(=O)NCc2cccnc2)c1. The predicted molar refractivity (Wildman–Crippen MR) is 107 cm³/mol. The van der Waals surface area contributed by atoms with Gasteiger partial charge in [0, 0.05) is 24.4 Å². The first-order valence-corrected chi connectivity index (χ1v) is 9.40. The molecule has 1 heterocycles. The lowest BCUT2D eigenvalue weighted by atomic mass is 9.84. The maximum absolute atomic E-state index is 13.0. The van der Waals surface area contributed by atoms with E-state index in [2.05, 4.69) is 72.7 Å². The van der Waals surface area contributed by atoms with E-state index in [0.29, 0.717) is 6.54 Å². The second-order valence-electron chi connectivity index (χ2n) is 7.55. The average Bonchev–Trinajstić information content (AvgIpc) is 3.44. The van der Waals surface area contributed by atoms with Gasteiger partial charge < -0.3 is 5.32 Å². The summed E-state index contributed by atoms with van der Waals surface area (Å²) in [7, 11) is 0. The van der Waals surface area contributed by atoms with Gasteiger partial charge in [0.05, 0.1) is 5.92 Å². The Morgan fingerprint density at radius 2 is 1.70 bits per heavy atom. The fourth-order valence-electron chi connectivity index (χ4n) is 4.04. The maximum atomic E-state index is 13.0. The molecular weight excluding hydrogens is 332 g/mol. The second kappa shape index (κ2) is 6.99. The van der Waals surface area contributed by atoms with Crippen LogP contribution in [0.3, 0.4) is 0 Å². The second-order valence-corrected chi connectivity index (χ2v) is 7.55. The van der Waals surface area contributed by atoms with Crippen LogP contribution < -0.4 is 5.32 Å². The van der Waals surface area contributed by atoms with E-state index in [1.165, 1.54) is 22.3 Å². The fraction of sp³-hybridized carbons (Fsp3) is 0.250. The van der Waals surface area contributed by atoms with Crippen molar-refractivity contribution >= 4 is 5.91 Å². The van der Waals surface area contributed by atoms with Crippen molar-refractivity contribution in [2.75, 3.05) is 0 Å². The fourth-order valence-corrected chi connectivity index (χ4v) is 4.04. The molecule has 4 rings (SSSR count). The van der Waals surface area contributed by atoms with E-state index in [1.807, 2.05) is 12.1 Å². The third-order valence-electron chi connectivity index (χ3n) is 5.53. The van der Waals surface area contributed by atoms with Gasteiger partial charge in [-0.15, -0.1) is 0 Å². The van der Waals surface area contributed by atoms with Crippen molar-refractivity contribution in [3.63, 3.8) is 0 Å². The molecule has 1 amide bonds. The van der Waals surface area contributed by atoms with Crippen LogP contribution in [0.15, 0.2) is 73.1 Å². The molecule has 2 aromatic carbocycles. The quantitative estimate of drug-likeness (QED) is 0.740.